The average Bonchev–Trinajstić information content (AvgIpc) is 3.20. The summed E-state index contributed by atoms with van der Waals surface area (Å²) in [6, 6.07) is 3.05. The van der Waals surface area contributed by atoms with Gasteiger partial charge in [-0.15, -0.1) is 28.8 Å². The number of hydrogen-bond acceptors (Lipinski definition) is 8. The number of nitrogens with zero attached hydrogens (tertiary/aromatic N) is 5. The van der Waals surface area contributed by atoms with Crippen LogP contribution in [-0.4, -0.2) is 40.7 Å². The van der Waals surface area contributed by atoms with Crippen LogP contribution in [0.4, 0.5) is 5.69 Å². The first-order chi connectivity index (χ1) is 13.4. The smallest absolute Gasteiger partial charge is 0.324 e. The summed E-state index contributed by atoms with van der Waals surface area (Å²) in [4.78, 5) is 16.5. The van der Waals surface area contributed by atoms with Crippen molar-refractivity contribution in [2.24, 2.45) is 21.7 Å². The number of nitro groups is 1. The van der Waals surface area contributed by atoms with Crippen LogP contribution in [0.15, 0.2) is 27.7 Å². The zero-order valence-electron chi connectivity index (χ0n) is 15.6. The molecule has 3 rings (SSSR count). The molecule has 2 heterocycles. The van der Waals surface area contributed by atoms with Crippen LogP contribution in [0.5, 0.6) is 11.5 Å². The van der Waals surface area contributed by atoms with Crippen molar-refractivity contribution in [3.05, 3.63) is 39.0 Å². The molecular formula is C16H18ClN7O4S. The quantitative estimate of drug-likeness (QED) is 0.258. The number of nitro benzene ring substituents is 1. The number of nitrogens with two attached hydrogens (primary N) is 2. The lowest BCUT2D eigenvalue weighted by Crippen LogP contribution is -2.21. The van der Waals surface area contributed by atoms with Crippen molar-refractivity contribution in [2.75, 3.05) is 14.2 Å². The second-order valence-electron chi connectivity index (χ2n) is 5.56. The highest BCUT2D eigenvalue weighted by atomic mass is 35.5. The van der Waals surface area contributed by atoms with Crippen molar-refractivity contribution < 1.29 is 14.4 Å². The van der Waals surface area contributed by atoms with Gasteiger partial charge in [-0.25, -0.2) is 4.98 Å². The normalized spacial score (nSPS) is 10.7. The maximum Gasteiger partial charge on any atom is 0.324 e. The van der Waals surface area contributed by atoms with E-state index in [1.807, 2.05) is 12.3 Å². The maximum absolute atomic E-state index is 11.8. The van der Waals surface area contributed by atoms with Crippen molar-refractivity contribution in [1.29, 1.82) is 0 Å². The summed E-state index contributed by atoms with van der Waals surface area (Å²) in [6.45, 7) is 1.88. The molecule has 0 unspecified atom stereocenters. The van der Waals surface area contributed by atoms with Gasteiger partial charge in [0.15, 0.2) is 10.7 Å². The monoisotopic (exact) mass is 439 g/mol. The van der Waals surface area contributed by atoms with Crippen molar-refractivity contribution in [2.45, 2.75) is 6.92 Å². The number of rotatable bonds is 6. The molecule has 13 heteroatoms. The van der Waals surface area contributed by atoms with Gasteiger partial charge in [0.2, 0.25) is 5.96 Å². The molecule has 0 radical (unpaired) electrons. The maximum atomic E-state index is 11.8. The Morgan fingerprint density at radius 2 is 1.97 bits per heavy atom. The lowest BCUT2D eigenvalue weighted by atomic mass is 10.1. The number of aryl methyl sites for hydroxylation is 1. The first-order valence-electron chi connectivity index (χ1n) is 7.87. The second kappa shape index (κ2) is 8.75. The number of benzene rings is 1. The Morgan fingerprint density at radius 3 is 2.55 bits per heavy atom. The van der Waals surface area contributed by atoms with Crippen LogP contribution in [0.1, 0.15) is 11.4 Å². The Kier molecular flexibility index (Phi) is 6.61. The van der Waals surface area contributed by atoms with Gasteiger partial charge in [0.25, 0.3) is 0 Å². The molecule has 1 aromatic carbocycles. The van der Waals surface area contributed by atoms with Crippen LogP contribution >= 0.6 is 23.7 Å². The molecule has 4 N–H and O–H groups in total. The fourth-order valence-corrected chi connectivity index (χ4v) is 3.65. The standard InChI is InChI=1S/C16H17N7O4S.ClH/c1-8-7-28-16-20-13(9(22(8)16)6-19-21-15(17)18)12-10(26-2)4-5-11(27-3)14(12)23(24)25;/h4-7H,1-3H3,(H4,17,18,21);1H/b19-6+;. The molecular weight excluding hydrogens is 422 g/mol. The summed E-state index contributed by atoms with van der Waals surface area (Å²) in [5.41, 5.74) is 12.2. The van der Waals surface area contributed by atoms with E-state index in [1.54, 1.807) is 10.5 Å². The SMILES string of the molecule is COc1ccc(OC)c([N+](=O)[O-])c1-c1nc2scc(C)n2c1/C=N/N=C(N)N.Cl. The molecule has 0 saturated carbocycles. The first kappa shape index (κ1) is 21.9. The molecule has 2 aromatic heterocycles. The second-order valence-corrected chi connectivity index (χ2v) is 6.40. The van der Waals surface area contributed by atoms with Gasteiger partial charge in [-0.2, -0.15) is 5.10 Å². The molecule has 0 fully saturated rings. The van der Waals surface area contributed by atoms with Crippen LogP contribution < -0.4 is 20.9 Å². The van der Waals surface area contributed by atoms with Crippen molar-refractivity contribution in [3.63, 3.8) is 0 Å². The summed E-state index contributed by atoms with van der Waals surface area (Å²) in [6.07, 6.45) is 1.39. The Balaban J connectivity index is 0.00000300. The third-order valence-corrected chi connectivity index (χ3v) is 4.83. The van der Waals surface area contributed by atoms with E-state index in [9.17, 15) is 10.1 Å². The Labute approximate surface area is 175 Å². The summed E-state index contributed by atoms with van der Waals surface area (Å²) in [7, 11) is 2.78. The minimum absolute atomic E-state index is 0. The topological polar surface area (TPSA) is 156 Å². The Bertz CT molecular complexity index is 1120. The van der Waals surface area contributed by atoms with Crippen LogP contribution in [0.2, 0.25) is 0 Å². The average molecular weight is 440 g/mol. The van der Waals surface area contributed by atoms with Crippen LogP contribution in [0, 0.1) is 17.0 Å². The number of hydrogen-bond donors (Lipinski definition) is 2. The fraction of sp³-hybridized carbons (Fsp3) is 0.188. The lowest BCUT2D eigenvalue weighted by molar-refractivity contribution is -0.385. The molecule has 154 valence electrons. The van der Waals surface area contributed by atoms with E-state index in [1.165, 1.54) is 37.8 Å². The zero-order valence-corrected chi connectivity index (χ0v) is 17.3. The van der Waals surface area contributed by atoms with Crippen molar-refractivity contribution in [3.8, 4) is 22.8 Å². The van der Waals surface area contributed by atoms with Crippen molar-refractivity contribution >= 4 is 46.6 Å². The van der Waals surface area contributed by atoms with E-state index in [2.05, 4.69) is 15.2 Å². The number of halogens is 1. The summed E-state index contributed by atoms with van der Waals surface area (Å²) in [5.74, 6) is 0.138. The predicted molar refractivity (Wildman–Crippen MR) is 114 cm³/mol. The molecule has 0 aliphatic rings. The van der Waals surface area contributed by atoms with E-state index in [0.717, 1.165) is 5.69 Å². The zero-order chi connectivity index (χ0) is 20.4. The molecule has 3 aromatic rings. The van der Waals surface area contributed by atoms with E-state index in [4.69, 9.17) is 20.9 Å². The molecule has 0 atom stereocenters. The van der Waals surface area contributed by atoms with Gasteiger partial charge in [0.1, 0.15) is 17.0 Å². The van der Waals surface area contributed by atoms with Crippen LogP contribution in [0.25, 0.3) is 16.2 Å². The van der Waals surface area contributed by atoms with E-state index < -0.39 is 4.92 Å². The van der Waals surface area contributed by atoms with Gasteiger partial charge < -0.3 is 20.9 Å². The van der Waals surface area contributed by atoms with Gasteiger partial charge in [-0.1, -0.05) is 0 Å². The number of guanidine groups is 1. The predicted octanol–water partition coefficient (Wildman–Crippen LogP) is 2.33. The van der Waals surface area contributed by atoms with Gasteiger partial charge in [0.05, 0.1) is 31.1 Å². The van der Waals surface area contributed by atoms with Crippen LogP contribution in [0.3, 0.4) is 0 Å². The van der Waals surface area contributed by atoms with Gasteiger partial charge >= 0.3 is 5.69 Å². The molecule has 0 aliphatic heterocycles. The number of ether oxygens (including phenoxy) is 2. The molecule has 11 nitrogen and oxygen atoms in total. The van der Waals surface area contributed by atoms with Crippen LogP contribution in [-0.2, 0) is 0 Å². The van der Waals surface area contributed by atoms with Crippen molar-refractivity contribution in [1.82, 2.24) is 9.38 Å². The highest BCUT2D eigenvalue weighted by Crippen LogP contribution is 2.45. The molecule has 0 spiro atoms. The minimum atomic E-state index is -0.534. The van der Waals surface area contributed by atoms with Gasteiger partial charge in [-0.3, -0.25) is 14.5 Å². The van der Waals surface area contributed by atoms with Gasteiger partial charge in [0, 0.05) is 11.1 Å². The third kappa shape index (κ3) is 3.93. The summed E-state index contributed by atoms with van der Waals surface area (Å²) >= 11 is 1.38. The van der Waals surface area contributed by atoms with E-state index in [-0.39, 0.29) is 41.1 Å². The summed E-state index contributed by atoms with van der Waals surface area (Å²) in [5, 5.41) is 21.2. The van der Waals surface area contributed by atoms with E-state index in [0.29, 0.717) is 16.3 Å². The third-order valence-electron chi connectivity index (χ3n) is 3.88. The number of aromatic nitrogens is 2. The molecule has 0 saturated heterocycles. The number of fused-ring (bicyclic) bond motifs is 1. The molecule has 29 heavy (non-hydrogen) atoms. The molecule has 0 bridgehead atoms. The number of imidazole rings is 1. The highest BCUT2D eigenvalue weighted by molar-refractivity contribution is 7.15. The molecule has 0 aliphatic carbocycles. The Hall–Kier alpha value is -3.38. The fourth-order valence-electron chi connectivity index (χ4n) is 2.77. The minimum Gasteiger partial charge on any atom is -0.496 e. The largest absolute Gasteiger partial charge is 0.496 e. The number of thiazole rings is 1. The van der Waals surface area contributed by atoms with E-state index >= 15 is 0 Å². The number of methoxy groups -OCH3 is 2. The lowest BCUT2D eigenvalue weighted by Gasteiger charge is -2.11. The summed E-state index contributed by atoms with van der Waals surface area (Å²) < 4.78 is 12.4. The molecule has 0 amide bonds. The van der Waals surface area contributed by atoms with Gasteiger partial charge in [-0.05, 0) is 19.1 Å². The highest BCUT2D eigenvalue weighted by Gasteiger charge is 2.30. The Morgan fingerprint density at radius 1 is 1.31 bits per heavy atom. The first-order valence-corrected chi connectivity index (χ1v) is 8.75.